The lowest BCUT2D eigenvalue weighted by Gasteiger charge is -2.27. The van der Waals surface area contributed by atoms with Crippen LogP contribution in [0, 0.1) is 5.92 Å². The largest absolute Gasteiger partial charge is 0.504 e. The van der Waals surface area contributed by atoms with Gasteiger partial charge in [0, 0.05) is 18.0 Å². The van der Waals surface area contributed by atoms with Gasteiger partial charge in [0.1, 0.15) is 6.10 Å². The van der Waals surface area contributed by atoms with E-state index in [1.165, 1.54) is 24.3 Å². The smallest absolute Gasteiger partial charge is 0.331 e. The molecule has 0 spiro atoms. The first kappa shape index (κ1) is 17.3. The van der Waals surface area contributed by atoms with Crippen LogP contribution in [0.25, 0.3) is 6.08 Å². The third-order valence-electron chi connectivity index (χ3n) is 4.61. The summed E-state index contributed by atoms with van der Waals surface area (Å²) in [6.07, 6.45) is 7.75. The van der Waals surface area contributed by atoms with E-state index >= 15 is 0 Å². The quantitative estimate of drug-likeness (QED) is 0.433. The molecule has 2 atom stereocenters. The van der Waals surface area contributed by atoms with Crippen LogP contribution >= 0.6 is 0 Å². The number of amides is 1. The van der Waals surface area contributed by atoms with E-state index in [0.29, 0.717) is 18.0 Å². The first-order valence-corrected chi connectivity index (χ1v) is 8.72. The Labute approximate surface area is 146 Å². The summed E-state index contributed by atoms with van der Waals surface area (Å²) in [7, 11) is 0. The molecule has 6 heteroatoms. The topological polar surface area (TPSA) is 95.9 Å². The Morgan fingerprint density at radius 3 is 2.64 bits per heavy atom. The van der Waals surface area contributed by atoms with E-state index in [1.807, 2.05) is 0 Å². The lowest BCUT2D eigenvalue weighted by Crippen LogP contribution is -2.37. The highest BCUT2D eigenvalue weighted by Crippen LogP contribution is 2.29. The molecule has 1 aromatic rings. The highest BCUT2D eigenvalue weighted by atomic mass is 16.5. The predicted molar refractivity (Wildman–Crippen MR) is 91.8 cm³/mol. The maximum Gasteiger partial charge on any atom is 0.331 e. The Hall–Kier alpha value is -2.50. The molecule has 1 aromatic carbocycles. The second-order valence-corrected chi connectivity index (χ2v) is 6.79. The number of esters is 1. The fourth-order valence-corrected chi connectivity index (χ4v) is 3.05. The molecule has 0 aromatic heterocycles. The summed E-state index contributed by atoms with van der Waals surface area (Å²) < 4.78 is 5.45. The summed E-state index contributed by atoms with van der Waals surface area (Å²) >= 11 is 0. The average molecular weight is 345 g/mol. The van der Waals surface area contributed by atoms with Gasteiger partial charge in [-0.25, -0.2) is 4.79 Å². The van der Waals surface area contributed by atoms with Crippen LogP contribution in [-0.4, -0.2) is 34.2 Å². The molecule has 134 valence electrons. The molecule has 3 rings (SSSR count). The van der Waals surface area contributed by atoms with Gasteiger partial charge in [-0.1, -0.05) is 6.07 Å². The summed E-state index contributed by atoms with van der Waals surface area (Å²) in [6.45, 7) is 0. The number of hydrogen-bond donors (Lipinski definition) is 3. The first-order chi connectivity index (χ1) is 12.0. The van der Waals surface area contributed by atoms with Crippen molar-refractivity contribution in [3.63, 3.8) is 0 Å². The second-order valence-electron chi connectivity index (χ2n) is 6.79. The monoisotopic (exact) mass is 345 g/mol. The van der Waals surface area contributed by atoms with Gasteiger partial charge >= 0.3 is 5.97 Å². The Morgan fingerprint density at radius 2 is 1.92 bits per heavy atom. The number of benzene rings is 1. The normalized spacial score (nSPS) is 23.4. The molecule has 0 aliphatic heterocycles. The Bertz CT molecular complexity index is 680. The molecule has 2 aliphatic carbocycles. The van der Waals surface area contributed by atoms with Gasteiger partial charge < -0.3 is 20.3 Å². The van der Waals surface area contributed by atoms with Crippen LogP contribution in [0.5, 0.6) is 11.5 Å². The van der Waals surface area contributed by atoms with Crippen LogP contribution < -0.4 is 5.32 Å². The van der Waals surface area contributed by atoms with E-state index in [-0.39, 0.29) is 29.4 Å². The van der Waals surface area contributed by atoms with E-state index < -0.39 is 5.97 Å². The van der Waals surface area contributed by atoms with Crippen molar-refractivity contribution in [3.05, 3.63) is 29.8 Å². The number of rotatable bonds is 5. The number of hydrogen-bond acceptors (Lipinski definition) is 5. The Kier molecular flexibility index (Phi) is 5.26. The van der Waals surface area contributed by atoms with Crippen LogP contribution in [-0.2, 0) is 14.3 Å². The molecular formula is C19H23NO5. The SMILES string of the molecule is O=C(/C=C/c1ccc(O)c(O)c1)OC1CCCC(C(=O)NC2CC2)C1. The van der Waals surface area contributed by atoms with E-state index in [1.54, 1.807) is 6.07 Å². The van der Waals surface area contributed by atoms with E-state index in [0.717, 1.165) is 32.1 Å². The standard InChI is InChI=1S/C19H23NO5/c21-16-8-4-12(10-17(16)22)5-9-18(23)25-15-3-1-2-13(11-15)19(24)20-14-6-7-14/h4-5,8-10,13-15,21-22H,1-3,6-7,11H2,(H,20,24)/b9-5+. The third kappa shape index (κ3) is 4.98. The molecule has 0 radical (unpaired) electrons. The van der Waals surface area contributed by atoms with E-state index in [2.05, 4.69) is 5.32 Å². The third-order valence-corrected chi connectivity index (χ3v) is 4.61. The van der Waals surface area contributed by atoms with Gasteiger partial charge in [0.25, 0.3) is 0 Å². The van der Waals surface area contributed by atoms with Crippen molar-refractivity contribution in [1.29, 1.82) is 0 Å². The van der Waals surface area contributed by atoms with Crippen LogP contribution in [0.4, 0.5) is 0 Å². The summed E-state index contributed by atoms with van der Waals surface area (Å²) in [4.78, 5) is 24.1. The van der Waals surface area contributed by atoms with Gasteiger partial charge in [-0.15, -0.1) is 0 Å². The van der Waals surface area contributed by atoms with Crippen LogP contribution in [0.15, 0.2) is 24.3 Å². The number of carbonyl (C=O) groups is 2. The van der Waals surface area contributed by atoms with Crippen molar-refractivity contribution >= 4 is 18.0 Å². The molecule has 2 unspecified atom stereocenters. The molecule has 0 heterocycles. The van der Waals surface area contributed by atoms with Gasteiger partial charge in [-0.3, -0.25) is 4.79 Å². The van der Waals surface area contributed by atoms with Crippen molar-refractivity contribution < 1.29 is 24.5 Å². The van der Waals surface area contributed by atoms with Crippen molar-refractivity contribution in [1.82, 2.24) is 5.32 Å². The van der Waals surface area contributed by atoms with Crippen LogP contribution in [0.1, 0.15) is 44.1 Å². The summed E-state index contributed by atoms with van der Waals surface area (Å²) in [6, 6.07) is 4.64. The molecular weight excluding hydrogens is 322 g/mol. The molecule has 2 aliphatic rings. The lowest BCUT2D eigenvalue weighted by atomic mass is 9.86. The highest BCUT2D eigenvalue weighted by molar-refractivity contribution is 5.87. The van der Waals surface area contributed by atoms with Gasteiger partial charge in [-0.2, -0.15) is 0 Å². The first-order valence-electron chi connectivity index (χ1n) is 8.72. The van der Waals surface area contributed by atoms with Crippen molar-refractivity contribution in [2.75, 3.05) is 0 Å². The molecule has 2 saturated carbocycles. The van der Waals surface area contributed by atoms with Crippen molar-refractivity contribution in [2.45, 2.75) is 50.7 Å². The number of phenolic OH excluding ortho intramolecular Hbond substituents is 2. The number of ether oxygens (including phenoxy) is 1. The predicted octanol–water partition coefficient (Wildman–Crippen LogP) is 2.49. The number of carbonyl (C=O) groups excluding carboxylic acids is 2. The van der Waals surface area contributed by atoms with Crippen LogP contribution in [0.3, 0.4) is 0 Å². The fraction of sp³-hybridized carbons (Fsp3) is 0.474. The maximum atomic E-state index is 12.1. The zero-order valence-corrected chi connectivity index (χ0v) is 14.0. The van der Waals surface area contributed by atoms with Crippen molar-refractivity contribution in [2.24, 2.45) is 5.92 Å². The summed E-state index contributed by atoms with van der Waals surface area (Å²) in [5, 5.41) is 21.7. The Morgan fingerprint density at radius 1 is 1.12 bits per heavy atom. The molecule has 0 bridgehead atoms. The summed E-state index contributed by atoms with van der Waals surface area (Å²) in [5.41, 5.74) is 0.581. The second kappa shape index (κ2) is 7.59. The molecule has 1 amide bonds. The minimum atomic E-state index is -0.471. The number of nitrogens with one attached hydrogen (secondary N) is 1. The Balaban J connectivity index is 1.50. The average Bonchev–Trinajstić information content (AvgIpc) is 3.40. The minimum absolute atomic E-state index is 0.0785. The lowest BCUT2D eigenvalue weighted by molar-refractivity contribution is -0.147. The van der Waals surface area contributed by atoms with Gasteiger partial charge in [-0.05, 0) is 62.3 Å². The number of phenols is 2. The van der Waals surface area contributed by atoms with Gasteiger partial charge in [0.05, 0.1) is 0 Å². The molecule has 0 saturated heterocycles. The van der Waals surface area contributed by atoms with Gasteiger partial charge in [0.2, 0.25) is 5.91 Å². The zero-order chi connectivity index (χ0) is 17.8. The van der Waals surface area contributed by atoms with Gasteiger partial charge in [0.15, 0.2) is 11.5 Å². The molecule has 3 N–H and O–H groups in total. The minimum Gasteiger partial charge on any atom is -0.504 e. The van der Waals surface area contributed by atoms with Crippen molar-refractivity contribution in [3.8, 4) is 11.5 Å². The summed E-state index contributed by atoms with van der Waals surface area (Å²) in [5.74, 6) is -0.922. The highest BCUT2D eigenvalue weighted by Gasteiger charge is 2.32. The van der Waals surface area contributed by atoms with E-state index in [9.17, 15) is 19.8 Å². The fourth-order valence-electron chi connectivity index (χ4n) is 3.05. The van der Waals surface area contributed by atoms with E-state index in [4.69, 9.17) is 4.74 Å². The zero-order valence-electron chi connectivity index (χ0n) is 14.0. The molecule has 2 fully saturated rings. The maximum absolute atomic E-state index is 12.1. The molecule has 6 nitrogen and oxygen atoms in total. The molecule has 25 heavy (non-hydrogen) atoms. The van der Waals surface area contributed by atoms with Crippen LogP contribution in [0.2, 0.25) is 0 Å². The number of aromatic hydroxyl groups is 2.